The van der Waals surface area contributed by atoms with E-state index in [2.05, 4.69) is 0 Å². The number of para-hydroxylation sites is 1. The molecular formula is C14H13FO2. The fourth-order valence-electron chi connectivity index (χ4n) is 1.55. The second kappa shape index (κ2) is 4.97. The Morgan fingerprint density at radius 1 is 1.06 bits per heavy atom. The summed E-state index contributed by atoms with van der Waals surface area (Å²) in [6.45, 7) is 1.67. The summed E-state index contributed by atoms with van der Waals surface area (Å²) in [5.74, 6) is 0.815. The van der Waals surface area contributed by atoms with Crippen LogP contribution in [0.5, 0.6) is 11.5 Å². The Hall–Kier alpha value is -1.87. The molecule has 2 rings (SSSR count). The monoisotopic (exact) mass is 232 g/mol. The Kier molecular flexibility index (Phi) is 3.40. The lowest BCUT2D eigenvalue weighted by atomic mass is 10.1. The van der Waals surface area contributed by atoms with Gasteiger partial charge in [-0.3, -0.25) is 0 Å². The highest BCUT2D eigenvalue weighted by Crippen LogP contribution is 2.29. The second-order valence-corrected chi connectivity index (χ2v) is 3.77. The van der Waals surface area contributed by atoms with Gasteiger partial charge >= 0.3 is 0 Å². The molecule has 2 aromatic rings. The maximum atomic E-state index is 12.7. The van der Waals surface area contributed by atoms with E-state index in [4.69, 9.17) is 4.74 Å². The Morgan fingerprint density at radius 3 is 2.35 bits per heavy atom. The summed E-state index contributed by atoms with van der Waals surface area (Å²) in [4.78, 5) is 0. The molecular weight excluding hydrogens is 219 g/mol. The maximum Gasteiger partial charge on any atom is 0.133 e. The van der Waals surface area contributed by atoms with Gasteiger partial charge in [-0.2, -0.15) is 0 Å². The third-order valence-electron chi connectivity index (χ3n) is 2.41. The van der Waals surface area contributed by atoms with Crippen molar-refractivity contribution in [2.24, 2.45) is 0 Å². The fourth-order valence-corrected chi connectivity index (χ4v) is 1.55. The molecule has 17 heavy (non-hydrogen) atoms. The standard InChI is InChI=1S/C14H13FO2/c1-10(16)13-4-2-3-5-14(13)17-12-8-6-11(15)7-9-12/h2-10,16H,1H3/t10-/m0/s1. The highest BCUT2D eigenvalue weighted by molar-refractivity contribution is 5.38. The Morgan fingerprint density at radius 2 is 1.71 bits per heavy atom. The lowest BCUT2D eigenvalue weighted by molar-refractivity contribution is 0.195. The summed E-state index contributed by atoms with van der Waals surface area (Å²) in [7, 11) is 0. The van der Waals surface area contributed by atoms with Crippen molar-refractivity contribution < 1.29 is 14.2 Å². The summed E-state index contributed by atoms with van der Waals surface area (Å²) in [5.41, 5.74) is 0.705. The second-order valence-electron chi connectivity index (χ2n) is 3.77. The highest BCUT2D eigenvalue weighted by atomic mass is 19.1. The van der Waals surface area contributed by atoms with Gasteiger partial charge < -0.3 is 9.84 Å². The van der Waals surface area contributed by atoms with Gasteiger partial charge in [0.2, 0.25) is 0 Å². The number of aliphatic hydroxyl groups is 1. The molecule has 0 saturated carbocycles. The lowest BCUT2D eigenvalue weighted by Crippen LogP contribution is -1.95. The Labute approximate surface area is 99.3 Å². The van der Waals surface area contributed by atoms with Crippen LogP contribution in [0.15, 0.2) is 48.5 Å². The predicted octanol–water partition coefficient (Wildman–Crippen LogP) is 3.67. The Balaban J connectivity index is 2.26. The molecule has 2 nitrogen and oxygen atoms in total. The van der Waals surface area contributed by atoms with Crippen LogP contribution in [0.25, 0.3) is 0 Å². The van der Waals surface area contributed by atoms with Crippen LogP contribution in [-0.2, 0) is 0 Å². The van der Waals surface area contributed by atoms with Crippen molar-refractivity contribution in [3.63, 3.8) is 0 Å². The SMILES string of the molecule is C[C@H](O)c1ccccc1Oc1ccc(F)cc1. The van der Waals surface area contributed by atoms with Crippen LogP contribution in [-0.4, -0.2) is 5.11 Å². The van der Waals surface area contributed by atoms with Crippen molar-refractivity contribution in [1.29, 1.82) is 0 Å². The molecule has 1 atom stereocenters. The van der Waals surface area contributed by atoms with E-state index < -0.39 is 6.10 Å². The van der Waals surface area contributed by atoms with Crippen molar-refractivity contribution in [3.05, 3.63) is 59.9 Å². The average Bonchev–Trinajstić information content (AvgIpc) is 2.32. The molecule has 1 N–H and O–H groups in total. The summed E-state index contributed by atoms with van der Waals surface area (Å²) >= 11 is 0. The van der Waals surface area contributed by atoms with E-state index in [9.17, 15) is 9.50 Å². The first-order valence-electron chi connectivity index (χ1n) is 5.37. The molecule has 3 heteroatoms. The van der Waals surface area contributed by atoms with Crippen molar-refractivity contribution in [1.82, 2.24) is 0 Å². The zero-order valence-electron chi connectivity index (χ0n) is 9.43. The van der Waals surface area contributed by atoms with Crippen LogP contribution in [0.1, 0.15) is 18.6 Å². The van der Waals surface area contributed by atoms with E-state index in [1.54, 1.807) is 31.2 Å². The minimum absolute atomic E-state index is 0.304. The molecule has 0 spiro atoms. The minimum atomic E-state index is -0.605. The first-order valence-corrected chi connectivity index (χ1v) is 5.37. The van der Waals surface area contributed by atoms with Gasteiger partial charge in [0.05, 0.1) is 6.10 Å². The predicted molar refractivity (Wildman–Crippen MR) is 63.5 cm³/mol. The Bertz CT molecular complexity index is 492. The number of hydrogen-bond acceptors (Lipinski definition) is 2. The molecule has 0 radical (unpaired) electrons. The molecule has 0 fully saturated rings. The van der Waals surface area contributed by atoms with Gasteiger partial charge in [-0.05, 0) is 37.3 Å². The van der Waals surface area contributed by atoms with Crippen molar-refractivity contribution >= 4 is 0 Å². The van der Waals surface area contributed by atoms with Gasteiger partial charge in [0.15, 0.2) is 0 Å². The molecule has 2 aromatic carbocycles. The van der Waals surface area contributed by atoms with Gasteiger partial charge in [0.1, 0.15) is 17.3 Å². The van der Waals surface area contributed by atoms with E-state index in [-0.39, 0.29) is 5.82 Å². The molecule has 0 aliphatic rings. The highest BCUT2D eigenvalue weighted by Gasteiger charge is 2.08. The normalized spacial score (nSPS) is 12.2. The molecule has 88 valence electrons. The number of ether oxygens (including phenoxy) is 1. The van der Waals surface area contributed by atoms with Crippen molar-refractivity contribution in [3.8, 4) is 11.5 Å². The number of benzene rings is 2. The molecule has 0 bridgehead atoms. The van der Waals surface area contributed by atoms with Crippen LogP contribution >= 0.6 is 0 Å². The number of hydrogen-bond donors (Lipinski definition) is 1. The number of aliphatic hydroxyl groups excluding tert-OH is 1. The molecule has 0 aliphatic carbocycles. The average molecular weight is 232 g/mol. The van der Waals surface area contributed by atoms with Gasteiger partial charge in [0, 0.05) is 5.56 Å². The molecule has 0 saturated heterocycles. The molecule has 0 amide bonds. The topological polar surface area (TPSA) is 29.5 Å². The third kappa shape index (κ3) is 2.82. The fraction of sp³-hybridized carbons (Fsp3) is 0.143. The summed E-state index contributed by atoms with van der Waals surface area (Å²) in [5, 5.41) is 9.59. The molecule has 0 heterocycles. The zero-order valence-corrected chi connectivity index (χ0v) is 9.43. The first-order chi connectivity index (χ1) is 8.16. The van der Waals surface area contributed by atoms with E-state index in [0.29, 0.717) is 17.1 Å². The van der Waals surface area contributed by atoms with Crippen LogP contribution in [0.4, 0.5) is 4.39 Å². The van der Waals surface area contributed by atoms with Gasteiger partial charge in [-0.1, -0.05) is 18.2 Å². The first kappa shape index (κ1) is 11.6. The summed E-state index contributed by atoms with van der Waals surface area (Å²) < 4.78 is 18.3. The van der Waals surface area contributed by atoms with E-state index in [1.807, 2.05) is 12.1 Å². The number of halogens is 1. The van der Waals surface area contributed by atoms with E-state index >= 15 is 0 Å². The zero-order chi connectivity index (χ0) is 12.3. The summed E-state index contributed by atoms with van der Waals surface area (Å²) in [6.07, 6.45) is -0.605. The largest absolute Gasteiger partial charge is 0.457 e. The molecule has 0 unspecified atom stereocenters. The van der Waals surface area contributed by atoms with Crippen LogP contribution in [0.2, 0.25) is 0 Å². The third-order valence-corrected chi connectivity index (χ3v) is 2.41. The summed E-state index contributed by atoms with van der Waals surface area (Å²) in [6, 6.07) is 13.0. The molecule has 0 aromatic heterocycles. The van der Waals surface area contributed by atoms with Crippen LogP contribution in [0, 0.1) is 5.82 Å². The number of rotatable bonds is 3. The maximum absolute atomic E-state index is 12.7. The van der Waals surface area contributed by atoms with Crippen LogP contribution < -0.4 is 4.74 Å². The van der Waals surface area contributed by atoms with Gasteiger partial charge in [-0.15, -0.1) is 0 Å². The van der Waals surface area contributed by atoms with Gasteiger partial charge in [-0.25, -0.2) is 4.39 Å². The van der Waals surface area contributed by atoms with E-state index in [0.717, 1.165) is 0 Å². The van der Waals surface area contributed by atoms with Crippen molar-refractivity contribution in [2.45, 2.75) is 13.0 Å². The molecule has 0 aliphatic heterocycles. The minimum Gasteiger partial charge on any atom is -0.457 e. The van der Waals surface area contributed by atoms with Gasteiger partial charge in [0.25, 0.3) is 0 Å². The van der Waals surface area contributed by atoms with E-state index in [1.165, 1.54) is 12.1 Å². The van der Waals surface area contributed by atoms with Crippen molar-refractivity contribution in [2.75, 3.05) is 0 Å². The smallest absolute Gasteiger partial charge is 0.133 e. The lowest BCUT2D eigenvalue weighted by Gasteiger charge is -2.12. The quantitative estimate of drug-likeness (QED) is 0.874. The van der Waals surface area contributed by atoms with Crippen LogP contribution in [0.3, 0.4) is 0 Å².